The normalized spacial score (nSPS) is 11.3. The number of hydrogen-bond donors (Lipinski definition) is 3. The molecule has 0 fully saturated rings. The highest BCUT2D eigenvalue weighted by molar-refractivity contribution is 5.86. The fourth-order valence-electron chi connectivity index (χ4n) is 1.45. The van der Waals surface area contributed by atoms with Crippen molar-refractivity contribution in [1.82, 2.24) is 10.6 Å². The predicted molar refractivity (Wildman–Crippen MR) is 73.7 cm³/mol. The fourth-order valence-corrected chi connectivity index (χ4v) is 1.45. The number of amides is 3. The first kappa shape index (κ1) is 15.6. The first-order chi connectivity index (χ1) is 9.52. The molecule has 1 aromatic rings. The Morgan fingerprint density at radius 3 is 2.40 bits per heavy atom. The van der Waals surface area contributed by atoms with Gasteiger partial charge in [0.05, 0.1) is 13.7 Å². The molecule has 0 aliphatic rings. The summed E-state index contributed by atoms with van der Waals surface area (Å²) in [6, 6.07) is 5.71. The smallest absolute Gasteiger partial charge is 0.312 e. The molecule has 0 saturated carbocycles. The van der Waals surface area contributed by atoms with Crippen molar-refractivity contribution in [2.45, 2.75) is 13.0 Å². The van der Waals surface area contributed by atoms with Gasteiger partial charge in [-0.25, -0.2) is 4.79 Å². The van der Waals surface area contributed by atoms with E-state index in [2.05, 4.69) is 10.6 Å². The van der Waals surface area contributed by atoms with E-state index in [0.717, 1.165) is 5.75 Å². The van der Waals surface area contributed by atoms with Crippen LogP contribution in [0.3, 0.4) is 0 Å². The van der Waals surface area contributed by atoms with Gasteiger partial charge in [-0.1, -0.05) is 0 Å². The van der Waals surface area contributed by atoms with Crippen LogP contribution in [0.1, 0.15) is 6.92 Å². The number of methoxy groups -OCH3 is 1. The third-order valence-corrected chi connectivity index (χ3v) is 2.48. The summed E-state index contributed by atoms with van der Waals surface area (Å²) in [5, 5.41) is 4.91. The third-order valence-electron chi connectivity index (χ3n) is 2.48. The van der Waals surface area contributed by atoms with Gasteiger partial charge >= 0.3 is 6.03 Å². The summed E-state index contributed by atoms with van der Waals surface area (Å²) in [5.41, 5.74) is 4.92. The summed E-state index contributed by atoms with van der Waals surface area (Å²) >= 11 is 0. The minimum absolute atomic E-state index is 0.317. The molecule has 4 N–H and O–H groups in total. The average Bonchev–Trinajstić information content (AvgIpc) is 2.43. The Kier molecular flexibility index (Phi) is 6.15. The molecule has 0 aliphatic heterocycles. The average molecular weight is 281 g/mol. The van der Waals surface area contributed by atoms with Gasteiger partial charge in [0.25, 0.3) is 0 Å². The Balaban J connectivity index is 2.23. The van der Waals surface area contributed by atoms with E-state index >= 15 is 0 Å². The van der Waals surface area contributed by atoms with E-state index in [1.165, 1.54) is 0 Å². The minimum Gasteiger partial charge on any atom is -0.497 e. The topological polar surface area (TPSA) is 103 Å². The summed E-state index contributed by atoms with van der Waals surface area (Å²) in [5.74, 6) is 1.11. The van der Waals surface area contributed by atoms with Crippen LogP contribution >= 0.6 is 0 Å². The van der Waals surface area contributed by atoms with Crippen molar-refractivity contribution in [1.29, 1.82) is 0 Å². The van der Waals surface area contributed by atoms with Crippen LogP contribution < -0.4 is 25.8 Å². The number of hydrogen-bond acceptors (Lipinski definition) is 4. The van der Waals surface area contributed by atoms with E-state index in [1.807, 2.05) is 0 Å². The second kappa shape index (κ2) is 7.88. The summed E-state index contributed by atoms with van der Waals surface area (Å²) in [6.45, 7) is 2.20. The number of benzene rings is 1. The number of nitrogens with two attached hydrogens (primary N) is 1. The number of carbonyl (C=O) groups excluding carboxylic acids is 2. The number of urea groups is 1. The molecule has 1 unspecified atom stereocenters. The Bertz CT molecular complexity index is 447. The quantitative estimate of drug-likeness (QED) is 0.623. The van der Waals surface area contributed by atoms with Gasteiger partial charge in [0.1, 0.15) is 24.1 Å². The summed E-state index contributed by atoms with van der Waals surface area (Å²) < 4.78 is 10.5. The van der Waals surface area contributed by atoms with Crippen LogP contribution in [-0.2, 0) is 4.79 Å². The monoisotopic (exact) mass is 281 g/mol. The Labute approximate surface area is 117 Å². The van der Waals surface area contributed by atoms with Gasteiger partial charge in [-0.05, 0) is 31.2 Å². The molecular weight excluding hydrogens is 262 g/mol. The molecule has 0 radical (unpaired) electrons. The lowest BCUT2D eigenvalue weighted by molar-refractivity contribution is -0.122. The van der Waals surface area contributed by atoms with Crippen molar-refractivity contribution in [3.63, 3.8) is 0 Å². The molecule has 0 spiro atoms. The van der Waals surface area contributed by atoms with Crippen molar-refractivity contribution in [3.05, 3.63) is 24.3 Å². The zero-order valence-electron chi connectivity index (χ0n) is 11.5. The summed E-state index contributed by atoms with van der Waals surface area (Å²) in [6.07, 6.45) is 0. The molecule has 7 heteroatoms. The van der Waals surface area contributed by atoms with Crippen LogP contribution in [0.25, 0.3) is 0 Å². The second-order valence-corrected chi connectivity index (χ2v) is 4.05. The van der Waals surface area contributed by atoms with Gasteiger partial charge in [0.15, 0.2) is 0 Å². The molecule has 0 aliphatic carbocycles. The minimum atomic E-state index is -0.734. The molecule has 110 valence electrons. The highest BCUT2D eigenvalue weighted by Crippen LogP contribution is 2.16. The number of carbonyl (C=O) groups is 2. The standard InChI is InChI=1S/C13H19N3O4/c1-9(16-13(14)18)12(17)15-7-8-20-11-5-3-10(19-2)4-6-11/h3-6,9H,7-8H2,1-2H3,(H,15,17)(H3,14,16,18). The Hall–Kier alpha value is -2.44. The molecule has 0 bridgehead atoms. The lowest BCUT2D eigenvalue weighted by Crippen LogP contribution is -2.47. The van der Waals surface area contributed by atoms with Gasteiger partial charge in [-0.3, -0.25) is 4.79 Å². The fraction of sp³-hybridized carbons (Fsp3) is 0.385. The van der Waals surface area contributed by atoms with Crippen LogP contribution in [0.4, 0.5) is 4.79 Å². The van der Waals surface area contributed by atoms with Crippen LogP contribution in [0.15, 0.2) is 24.3 Å². The zero-order chi connectivity index (χ0) is 15.0. The van der Waals surface area contributed by atoms with Crippen molar-refractivity contribution in [2.24, 2.45) is 5.73 Å². The lowest BCUT2D eigenvalue weighted by Gasteiger charge is -2.13. The first-order valence-corrected chi connectivity index (χ1v) is 6.13. The second-order valence-electron chi connectivity index (χ2n) is 4.05. The van der Waals surface area contributed by atoms with Gasteiger partial charge < -0.3 is 25.8 Å². The van der Waals surface area contributed by atoms with E-state index in [0.29, 0.717) is 18.9 Å². The molecule has 20 heavy (non-hydrogen) atoms. The van der Waals surface area contributed by atoms with E-state index in [-0.39, 0.29) is 5.91 Å². The number of ether oxygens (including phenoxy) is 2. The van der Waals surface area contributed by atoms with Crippen LogP contribution in [0.5, 0.6) is 11.5 Å². The van der Waals surface area contributed by atoms with Gasteiger partial charge in [-0.2, -0.15) is 0 Å². The molecule has 3 amide bonds. The molecule has 1 aromatic carbocycles. The molecule has 0 aromatic heterocycles. The van der Waals surface area contributed by atoms with Crippen LogP contribution in [-0.4, -0.2) is 38.2 Å². The van der Waals surface area contributed by atoms with Gasteiger partial charge in [-0.15, -0.1) is 0 Å². The first-order valence-electron chi connectivity index (χ1n) is 6.13. The van der Waals surface area contributed by atoms with Crippen LogP contribution in [0.2, 0.25) is 0 Å². The molecular formula is C13H19N3O4. The number of primary amides is 1. The Morgan fingerprint density at radius 2 is 1.85 bits per heavy atom. The number of nitrogens with one attached hydrogen (secondary N) is 2. The molecule has 1 rings (SSSR count). The summed E-state index contributed by atoms with van der Waals surface area (Å²) in [7, 11) is 1.59. The maximum atomic E-state index is 11.5. The van der Waals surface area contributed by atoms with E-state index in [9.17, 15) is 9.59 Å². The largest absolute Gasteiger partial charge is 0.497 e. The van der Waals surface area contributed by atoms with Gasteiger partial charge in [0, 0.05) is 0 Å². The summed E-state index contributed by atoms with van der Waals surface area (Å²) in [4.78, 5) is 22.1. The van der Waals surface area contributed by atoms with Crippen molar-refractivity contribution in [2.75, 3.05) is 20.3 Å². The Morgan fingerprint density at radius 1 is 1.25 bits per heavy atom. The highest BCUT2D eigenvalue weighted by Gasteiger charge is 2.12. The number of rotatable bonds is 7. The van der Waals surface area contributed by atoms with Crippen molar-refractivity contribution in [3.8, 4) is 11.5 Å². The van der Waals surface area contributed by atoms with Gasteiger partial charge in [0.2, 0.25) is 5.91 Å². The molecule has 0 saturated heterocycles. The maximum absolute atomic E-state index is 11.5. The van der Waals surface area contributed by atoms with E-state index < -0.39 is 12.1 Å². The van der Waals surface area contributed by atoms with E-state index in [4.69, 9.17) is 15.2 Å². The zero-order valence-corrected chi connectivity index (χ0v) is 11.5. The SMILES string of the molecule is COc1ccc(OCCNC(=O)C(C)NC(N)=O)cc1. The van der Waals surface area contributed by atoms with Crippen LogP contribution in [0, 0.1) is 0 Å². The van der Waals surface area contributed by atoms with E-state index in [1.54, 1.807) is 38.3 Å². The lowest BCUT2D eigenvalue weighted by atomic mass is 10.3. The molecule has 1 atom stereocenters. The van der Waals surface area contributed by atoms with Crippen molar-refractivity contribution >= 4 is 11.9 Å². The molecule has 0 heterocycles. The predicted octanol–water partition coefficient (Wildman–Crippen LogP) is 0.247. The third kappa shape index (κ3) is 5.47. The van der Waals surface area contributed by atoms with Crippen molar-refractivity contribution < 1.29 is 19.1 Å². The molecule has 7 nitrogen and oxygen atoms in total. The highest BCUT2D eigenvalue weighted by atomic mass is 16.5. The maximum Gasteiger partial charge on any atom is 0.312 e.